The molecule has 0 amide bonds. The Hall–Kier alpha value is -1.45. The van der Waals surface area contributed by atoms with E-state index in [-0.39, 0.29) is 5.82 Å². The minimum atomic E-state index is -0.219. The fourth-order valence-corrected chi connectivity index (χ4v) is 3.07. The highest BCUT2D eigenvalue weighted by molar-refractivity contribution is 7.22. The zero-order valence-corrected chi connectivity index (χ0v) is 10.2. The number of halogens is 2. The maximum atomic E-state index is 13.7. The summed E-state index contributed by atoms with van der Waals surface area (Å²) in [6.45, 7) is 0. The second-order valence-corrected chi connectivity index (χ2v) is 5.02. The number of aromatic nitrogens is 1. The average Bonchev–Trinajstić information content (AvgIpc) is 2.75. The molecule has 4 heteroatoms. The molecule has 0 saturated heterocycles. The highest BCUT2D eigenvalue weighted by Crippen LogP contribution is 2.37. The summed E-state index contributed by atoms with van der Waals surface area (Å²) in [7, 11) is 0. The zero-order chi connectivity index (χ0) is 11.8. The lowest BCUT2D eigenvalue weighted by Gasteiger charge is -1.97. The van der Waals surface area contributed by atoms with E-state index >= 15 is 0 Å². The Kier molecular flexibility index (Phi) is 2.57. The van der Waals surface area contributed by atoms with Gasteiger partial charge >= 0.3 is 0 Å². The van der Waals surface area contributed by atoms with Crippen molar-refractivity contribution in [3.8, 4) is 10.4 Å². The molecule has 1 nitrogen and oxygen atoms in total. The van der Waals surface area contributed by atoms with Crippen molar-refractivity contribution in [2.45, 2.75) is 0 Å². The van der Waals surface area contributed by atoms with Gasteiger partial charge in [-0.05, 0) is 23.6 Å². The van der Waals surface area contributed by atoms with Gasteiger partial charge in [0.2, 0.25) is 0 Å². The normalized spacial score (nSPS) is 10.9. The van der Waals surface area contributed by atoms with Crippen LogP contribution in [0, 0.1) is 5.82 Å². The number of hydrogen-bond acceptors (Lipinski definition) is 2. The van der Waals surface area contributed by atoms with Crippen LogP contribution in [0.5, 0.6) is 0 Å². The summed E-state index contributed by atoms with van der Waals surface area (Å²) >= 11 is 7.46. The van der Waals surface area contributed by atoms with E-state index in [0.29, 0.717) is 10.7 Å². The van der Waals surface area contributed by atoms with Gasteiger partial charge in [-0.25, -0.2) is 9.37 Å². The van der Waals surface area contributed by atoms with Crippen molar-refractivity contribution in [1.82, 2.24) is 4.98 Å². The largest absolute Gasteiger partial charge is 0.243 e. The van der Waals surface area contributed by atoms with Crippen molar-refractivity contribution in [3.05, 3.63) is 53.6 Å². The quantitative estimate of drug-likeness (QED) is 0.577. The lowest BCUT2D eigenvalue weighted by Crippen LogP contribution is -1.78. The van der Waals surface area contributed by atoms with Gasteiger partial charge < -0.3 is 0 Å². The zero-order valence-electron chi connectivity index (χ0n) is 8.65. The molecule has 3 aromatic rings. The van der Waals surface area contributed by atoms with Gasteiger partial charge in [0.05, 0.1) is 4.70 Å². The second-order valence-electron chi connectivity index (χ2n) is 3.61. The molecule has 0 aliphatic carbocycles. The number of thiophene rings is 1. The van der Waals surface area contributed by atoms with Gasteiger partial charge in [0.1, 0.15) is 11.0 Å². The molecule has 0 spiro atoms. The summed E-state index contributed by atoms with van der Waals surface area (Å²) in [4.78, 5) is 4.89. The molecule has 0 atom stereocenters. The minimum absolute atomic E-state index is 0.219. The van der Waals surface area contributed by atoms with Gasteiger partial charge in [-0.3, -0.25) is 0 Å². The maximum Gasteiger partial charge on any atom is 0.146 e. The first-order valence-electron chi connectivity index (χ1n) is 5.04. The number of fused-ring (bicyclic) bond motifs is 1. The summed E-state index contributed by atoms with van der Waals surface area (Å²) in [6, 6.07) is 10.5. The molecule has 0 N–H and O–H groups in total. The molecule has 1 aromatic carbocycles. The lowest BCUT2D eigenvalue weighted by molar-refractivity contribution is 0.632. The van der Waals surface area contributed by atoms with Gasteiger partial charge in [0.15, 0.2) is 0 Å². The van der Waals surface area contributed by atoms with Crippen LogP contribution >= 0.6 is 22.9 Å². The molecule has 0 aliphatic heterocycles. The Balaban J connectivity index is 2.26. The molecule has 3 rings (SSSR count). The van der Waals surface area contributed by atoms with Gasteiger partial charge in [-0.2, -0.15) is 0 Å². The van der Waals surface area contributed by atoms with Crippen molar-refractivity contribution in [2.75, 3.05) is 0 Å². The molecule has 0 radical (unpaired) electrons. The Morgan fingerprint density at radius 2 is 2.00 bits per heavy atom. The van der Waals surface area contributed by atoms with Gasteiger partial charge in [-0.15, -0.1) is 11.3 Å². The number of nitrogens with zero attached hydrogens (tertiary/aromatic N) is 1. The third kappa shape index (κ3) is 1.81. The van der Waals surface area contributed by atoms with E-state index in [2.05, 4.69) is 4.98 Å². The fraction of sp³-hybridized carbons (Fsp3) is 0. The summed E-state index contributed by atoms with van der Waals surface area (Å²) in [5.41, 5.74) is 0.602. The van der Waals surface area contributed by atoms with Crippen LogP contribution in [-0.4, -0.2) is 4.98 Å². The van der Waals surface area contributed by atoms with Crippen molar-refractivity contribution in [3.63, 3.8) is 0 Å². The lowest BCUT2D eigenvalue weighted by atomic mass is 10.1. The Morgan fingerprint density at radius 1 is 1.18 bits per heavy atom. The van der Waals surface area contributed by atoms with Crippen LogP contribution in [0.1, 0.15) is 0 Å². The predicted octanol–water partition coefficient (Wildman–Crippen LogP) is 4.76. The molecule has 0 fully saturated rings. The highest BCUT2D eigenvalue weighted by Gasteiger charge is 2.10. The number of pyridine rings is 1. The maximum absolute atomic E-state index is 13.7. The van der Waals surface area contributed by atoms with Crippen LogP contribution in [0.2, 0.25) is 5.15 Å². The van der Waals surface area contributed by atoms with E-state index in [0.717, 1.165) is 15.0 Å². The molecule has 0 saturated carbocycles. The Morgan fingerprint density at radius 3 is 2.76 bits per heavy atom. The van der Waals surface area contributed by atoms with Crippen molar-refractivity contribution in [1.29, 1.82) is 0 Å². The van der Waals surface area contributed by atoms with Crippen molar-refractivity contribution >= 4 is 33.0 Å². The van der Waals surface area contributed by atoms with Crippen LogP contribution in [0.25, 0.3) is 20.5 Å². The summed E-state index contributed by atoms with van der Waals surface area (Å²) in [5.74, 6) is -0.219. The van der Waals surface area contributed by atoms with Crippen LogP contribution in [0.3, 0.4) is 0 Å². The first kappa shape index (κ1) is 10.7. The van der Waals surface area contributed by atoms with E-state index in [1.165, 1.54) is 17.4 Å². The fourth-order valence-electron chi connectivity index (χ4n) is 1.73. The summed E-state index contributed by atoms with van der Waals surface area (Å²) in [6.07, 6.45) is 1.66. The molecule has 84 valence electrons. The Bertz CT molecular complexity index is 693. The van der Waals surface area contributed by atoms with E-state index in [9.17, 15) is 4.39 Å². The topological polar surface area (TPSA) is 12.9 Å². The van der Waals surface area contributed by atoms with Crippen LogP contribution in [0.15, 0.2) is 42.6 Å². The SMILES string of the molecule is Fc1ccccc1-c1cc2ccnc(Cl)c2s1. The highest BCUT2D eigenvalue weighted by atomic mass is 35.5. The molecule has 2 aromatic heterocycles. The molecule has 17 heavy (non-hydrogen) atoms. The smallest absolute Gasteiger partial charge is 0.146 e. The first-order chi connectivity index (χ1) is 8.25. The van der Waals surface area contributed by atoms with Gasteiger partial charge in [-0.1, -0.05) is 29.8 Å². The monoisotopic (exact) mass is 263 g/mol. The van der Waals surface area contributed by atoms with Crippen LogP contribution in [-0.2, 0) is 0 Å². The summed E-state index contributed by atoms with van der Waals surface area (Å²) < 4.78 is 14.6. The molecule has 0 aliphatic rings. The third-order valence-electron chi connectivity index (χ3n) is 2.53. The van der Waals surface area contributed by atoms with E-state index in [4.69, 9.17) is 11.6 Å². The van der Waals surface area contributed by atoms with Crippen LogP contribution in [0.4, 0.5) is 4.39 Å². The van der Waals surface area contributed by atoms with Crippen molar-refractivity contribution < 1.29 is 4.39 Å². The second kappa shape index (κ2) is 4.09. The summed E-state index contributed by atoms with van der Waals surface area (Å²) in [5, 5.41) is 1.46. The number of rotatable bonds is 1. The Labute approximate surface area is 106 Å². The number of hydrogen-bond donors (Lipinski definition) is 0. The average molecular weight is 264 g/mol. The molecule has 0 bridgehead atoms. The molecular weight excluding hydrogens is 257 g/mol. The van der Waals surface area contributed by atoms with E-state index in [1.807, 2.05) is 18.2 Å². The molecular formula is C13H7ClFNS. The number of benzene rings is 1. The first-order valence-corrected chi connectivity index (χ1v) is 6.24. The van der Waals surface area contributed by atoms with Crippen LogP contribution < -0.4 is 0 Å². The molecule has 2 heterocycles. The predicted molar refractivity (Wildman–Crippen MR) is 70.0 cm³/mol. The van der Waals surface area contributed by atoms with E-state index < -0.39 is 0 Å². The van der Waals surface area contributed by atoms with Crippen molar-refractivity contribution in [2.24, 2.45) is 0 Å². The van der Waals surface area contributed by atoms with Gasteiger partial charge in [0.25, 0.3) is 0 Å². The third-order valence-corrected chi connectivity index (χ3v) is 4.12. The van der Waals surface area contributed by atoms with E-state index in [1.54, 1.807) is 18.3 Å². The standard InChI is InChI=1S/C13H7ClFNS/c14-13-12-8(5-6-16-13)7-11(17-12)9-3-1-2-4-10(9)15/h1-7H. The molecule has 0 unspecified atom stereocenters. The van der Waals surface area contributed by atoms with Gasteiger partial charge in [0, 0.05) is 16.6 Å². The minimum Gasteiger partial charge on any atom is -0.243 e.